The van der Waals surface area contributed by atoms with Crippen LogP contribution in [0.25, 0.3) is 22.2 Å². The van der Waals surface area contributed by atoms with Crippen molar-refractivity contribution in [3.63, 3.8) is 0 Å². The lowest BCUT2D eigenvalue weighted by atomic mass is 9.96. The first-order chi connectivity index (χ1) is 18.6. The van der Waals surface area contributed by atoms with Crippen LogP contribution in [0.1, 0.15) is 45.5 Å². The first kappa shape index (κ1) is 24.2. The highest BCUT2D eigenvalue weighted by Crippen LogP contribution is 2.43. The van der Waals surface area contributed by atoms with Gasteiger partial charge in [0, 0.05) is 29.1 Å². The van der Waals surface area contributed by atoms with Gasteiger partial charge < -0.3 is 14.2 Å². The minimum Gasteiger partial charge on any atom is -0.497 e. The van der Waals surface area contributed by atoms with Crippen molar-refractivity contribution in [3.05, 3.63) is 77.4 Å². The quantitative estimate of drug-likeness (QED) is 0.260. The number of hydrogen-bond acceptors (Lipinski definition) is 6. The van der Waals surface area contributed by atoms with Crippen molar-refractivity contribution in [1.29, 1.82) is 0 Å². The summed E-state index contributed by atoms with van der Waals surface area (Å²) in [5.74, 6) is 1.61. The number of hydrogen-bond donors (Lipinski definition) is 0. The Labute approximate surface area is 221 Å². The maximum atomic E-state index is 14.0. The highest BCUT2D eigenvalue weighted by molar-refractivity contribution is 6.26. The van der Waals surface area contributed by atoms with Crippen LogP contribution in [0, 0.1) is 0 Å². The molecule has 7 heteroatoms. The Bertz CT molecular complexity index is 1530. The molecule has 0 spiro atoms. The maximum absolute atomic E-state index is 14.0. The fourth-order valence-corrected chi connectivity index (χ4v) is 5.57. The van der Waals surface area contributed by atoms with E-state index in [1.165, 1.54) is 19.3 Å². The number of nitrogens with zero attached hydrogens (tertiary/aromatic N) is 2. The van der Waals surface area contributed by atoms with E-state index in [0.29, 0.717) is 57.0 Å². The fourth-order valence-electron chi connectivity index (χ4n) is 5.57. The Hall–Kier alpha value is -4.10. The molecule has 4 aromatic rings. The standard InChI is InChI=1S/C31H30N2O5/c1-36-22-10-12-24-26(18-22)31(35)33-27-19-23(37-2)11-13-25(27)28(29(24)33)30(34)20-6-8-21(9-7-20)38-17-16-32-14-4-3-5-15-32/h6-13,18-19H,3-5,14-17H2,1-2H3. The Balaban J connectivity index is 1.34. The lowest BCUT2D eigenvalue weighted by Crippen LogP contribution is -2.33. The van der Waals surface area contributed by atoms with Gasteiger partial charge in [-0.2, -0.15) is 0 Å². The van der Waals surface area contributed by atoms with E-state index in [1.807, 2.05) is 36.4 Å². The second-order valence-corrected chi connectivity index (χ2v) is 9.76. The van der Waals surface area contributed by atoms with Crippen LogP contribution in [-0.4, -0.2) is 61.6 Å². The summed E-state index contributed by atoms with van der Waals surface area (Å²) in [5.41, 5.74) is 3.50. The van der Waals surface area contributed by atoms with Gasteiger partial charge in [-0.25, -0.2) is 0 Å². The third-order valence-electron chi connectivity index (χ3n) is 7.56. The van der Waals surface area contributed by atoms with E-state index in [4.69, 9.17) is 14.2 Å². The van der Waals surface area contributed by atoms with Gasteiger partial charge in [-0.1, -0.05) is 6.42 Å². The molecule has 0 atom stereocenters. The number of methoxy groups -OCH3 is 2. The summed E-state index contributed by atoms with van der Waals surface area (Å²) in [7, 11) is 3.15. The predicted molar refractivity (Wildman–Crippen MR) is 146 cm³/mol. The number of ether oxygens (including phenoxy) is 3. The van der Waals surface area contributed by atoms with Crippen LogP contribution in [0.15, 0.2) is 60.7 Å². The molecule has 0 aliphatic carbocycles. The van der Waals surface area contributed by atoms with Gasteiger partial charge in [0.25, 0.3) is 5.91 Å². The van der Waals surface area contributed by atoms with E-state index in [-0.39, 0.29) is 11.7 Å². The number of aromatic nitrogens is 1. The summed E-state index contributed by atoms with van der Waals surface area (Å²) in [5, 5.41) is 0.711. The Morgan fingerprint density at radius 3 is 2.24 bits per heavy atom. The predicted octanol–water partition coefficient (Wildman–Crippen LogP) is 5.42. The molecule has 38 heavy (non-hydrogen) atoms. The monoisotopic (exact) mass is 510 g/mol. The topological polar surface area (TPSA) is 70.0 Å². The zero-order chi connectivity index (χ0) is 26.2. The summed E-state index contributed by atoms with van der Waals surface area (Å²) >= 11 is 0. The molecule has 2 aliphatic rings. The molecule has 0 unspecified atom stereocenters. The van der Waals surface area contributed by atoms with Crippen molar-refractivity contribution in [1.82, 2.24) is 9.47 Å². The minimum atomic E-state index is -0.191. The van der Waals surface area contributed by atoms with Gasteiger partial charge in [0.15, 0.2) is 5.78 Å². The summed E-state index contributed by atoms with van der Waals surface area (Å²) in [6, 6.07) is 18.1. The summed E-state index contributed by atoms with van der Waals surface area (Å²) in [6.07, 6.45) is 3.83. The maximum Gasteiger partial charge on any atom is 0.263 e. The van der Waals surface area contributed by atoms with Crippen molar-refractivity contribution in [2.24, 2.45) is 0 Å². The van der Waals surface area contributed by atoms with Gasteiger partial charge in [0.2, 0.25) is 0 Å². The molecular weight excluding hydrogens is 480 g/mol. The summed E-state index contributed by atoms with van der Waals surface area (Å²) < 4.78 is 18.3. The van der Waals surface area contributed by atoms with E-state index < -0.39 is 0 Å². The number of ketones is 1. The van der Waals surface area contributed by atoms with Crippen LogP contribution < -0.4 is 14.2 Å². The lowest BCUT2D eigenvalue weighted by Gasteiger charge is -2.26. The number of benzene rings is 3. The third-order valence-corrected chi connectivity index (χ3v) is 7.56. The molecule has 1 saturated heterocycles. The van der Waals surface area contributed by atoms with Gasteiger partial charge in [0.1, 0.15) is 23.9 Å². The number of likely N-dealkylation sites (tertiary alicyclic amines) is 1. The molecule has 0 amide bonds. The molecule has 0 radical (unpaired) electrons. The smallest absolute Gasteiger partial charge is 0.263 e. The molecule has 194 valence electrons. The van der Waals surface area contributed by atoms with E-state index in [9.17, 15) is 9.59 Å². The summed E-state index contributed by atoms with van der Waals surface area (Å²) in [6.45, 7) is 3.80. The number of rotatable bonds is 8. The zero-order valence-corrected chi connectivity index (χ0v) is 21.7. The largest absolute Gasteiger partial charge is 0.497 e. The van der Waals surface area contributed by atoms with Gasteiger partial charge in [-0.3, -0.25) is 19.1 Å². The van der Waals surface area contributed by atoms with Crippen molar-refractivity contribution in [3.8, 4) is 28.5 Å². The number of carbonyl (C=O) groups is 2. The molecular formula is C31H30N2O5. The fraction of sp³-hybridized carbons (Fsp3) is 0.290. The summed E-state index contributed by atoms with van der Waals surface area (Å²) in [4.78, 5) is 30.0. The van der Waals surface area contributed by atoms with Crippen LogP contribution in [0.5, 0.6) is 17.2 Å². The molecule has 6 rings (SSSR count). The van der Waals surface area contributed by atoms with Gasteiger partial charge in [-0.05, 0) is 80.5 Å². The molecule has 2 aliphatic heterocycles. The molecule has 1 aromatic heterocycles. The van der Waals surface area contributed by atoms with Gasteiger partial charge >= 0.3 is 0 Å². The van der Waals surface area contributed by atoms with E-state index in [1.54, 1.807) is 43.1 Å². The zero-order valence-electron chi connectivity index (χ0n) is 21.7. The number of fused-ring (bicyclic) bond motifs is 5. The Kier molecular flexibility index (Phi) is 6.37. The molecule has 7 nitrogen and oxygen atoms in total. The normalized spacial score (nSPS) is 14.8. The van der Waals surface area contributed by atoms with Crippen LogP contribution >= 0.6 is 0 Å². The molecule has 3 aromatic carbocycles. The van der Waals surface area contributed by atoms with Crippen LogP contribution in [-0.2, 0) is 0 Å². The molecule has 0 saturated carbocycles. The molecule has 1 fully saturated rings. The van der Waals surface area contributed by atoms with Crippen LogP contribution in [0.3, 0.4) is 0 Å². The van der Waals surface area contributed by atoms with Crippen LogP contribution in [0.4, 0.5) is 0 Å². The van der Waals surface area contributed by atoms with Crippen molar-refractivity contribution in [2.45, 2.75) is 19.3 Å². The third kappa shape index (κ3) is 4.13. The lowest BCUT2D eigenvalue weighted by molar-refractivity contribution is 0.0973. The van der Waals surface area contributed by atoms with Crippen molar-refractivity contribution < 1.29 is 23.8 Å². The van der Waals surface area contributed by atoms with E-state index >= 15 is 0 Å². The Morgan fingerprint density at radius 2 is 1.50 bits per heavy atom. The highest BCUT2D eigenvalue weighted by atomic mass is 16.5. The van der Waals surface area contributed by atoms with E-state index in [0.717, 1.165) is 25.4 Å². The molecule has 3 heterocycles. The SMILES string of the molecule is COc1ccc2c(c1)C(=O)n1c-2c(C(=O)c2ccc(OCCN3CCCCC3)cc2)c2ccc(OC)cc21. The first-order valence-corrected chi connectivity index (χ1v) is 13.0. The molecule has 0 N–H and O–H groups in total. The van der Waals surface area contributed by atoms with Crippen molar-refractivity contribution in [2.75, 3.05) is 40.5 Å². The van der Waals surface area contributed by atoms with E-state index in [2.05, 4.69) is 4.90 Å². The van der Waals surface area contributed by atoms with Gasteiger partial charge in [-0.15, -0.1) is 0 Å². The average Bonchev–Trinajstić information content (AvgIpc) is 3.45. The van der Waals surface area contributed by atoms with Gasteiger partial charge in [0.05, 0.1) is 36.6 Å². The number of carbonyl (C=O) groups excluding carboxylic acids is 2. The second-order valence-electron chi connectivity index (χ2n) is 9.76. The minimum absolute atomic E-state index is 0.148. The highest BCUT2D eigenvalue weighted by Gasteiger charge is 2.35. The molecule has 0 bridgehead atoms. The first-order valence-electron chi connectivity index (χ1n) is 13.0. The average molecular weight is 511 g/mol. The second kappa shape index (κ2) is 9.99. The van der Waals surface area contributed by atoms with Crippen molar-refractivity contribution >= 4 is 22.6 Å². The Morgan fingerprint density at radius 1 is 0.816 bits per heavy atom. The number of piperidine rings is 1. The van der Waals surface area contributed by atoms with Crippen LogP contribution in [0.2, 0.25) is 0 Å².